The van der Waals surface area contributed by atoms with E-state index in [1.54, 1.807) is 0 Å². The van der Waals surface area contributed by atoms with Gasteiger partial charge in [-0.3, -0.25) is 0 Å². The van der Waals surface area contributed by atoms with Gasteiger partial charge in [0, 0.05) is 6.04 Å². The molecule has 1 saturated carbocycles. The SMILES string of the molecule is CNC(CC1CCC1)c1ccc(-c2ccccc2)cc1. The Morgan fingerprint density at radius 3 is 2.15 bits per heavy atom. The second kappa shape index (κ2) is 6.23. The van der Waals surface area contributed by atoms with Crippen molar-refractivity contribution in [2.45, 2.75) is 31.7 Å². The zero-order chi connectivity index (χ0) is 13.8. The van der Waals surface area contributed by atoms with Crippen LogP contribution in [0.25, 0.3) is 11.1 Å². The van der Waals surface area contributed by atoms with Crippen molar-refractivity contribution in [2.24, 2.45) is 5.92 Å². The molecule has 1 aliphatic rings. The lowest BCUT2D eigenvalue weighted by molar-refractivity contribution is 0.265. The highest BCUT2D eigenvalue weighted by Crippen LogP contribution is 2.35. The zero-order valence-electron chi connectivity index (χ0n) is 12.2. The molecule has 0 aromatic heterocycles. The topological polar surface area (TPSA) is 12.0 Å². The quantitative estimate of drug-likeness (QED) is 0.818. The van der Waals surface area contributed by atoms with Crippen molar-refractivity contribution >= 4 is 0 Å². The third-order valence-electron chi connectivity index (χ3n) is 4.56. The molecule has 0 radical (unpaired) electrons. The van der Waals surface area contributed by atoms with Gasteiger partial charge in [-0.1, -0.05) is 73.9 Å². The molecule has 1 unspecified atom stereocenters. The first-order valence-electron chi connectivity index (χ1n) is 7.69. The molecule has 0 heterocycles. The van der Waals surface area contributed by atoms with Crippen LogP contribution in [0.3, 0.4) is 0 Å². The maximum Gasteiger partial charge on any atom is 0.0320 e. The van der Waals surface area contributed by atoms with Gasteiger partial charge in [-0.2, -0.15) is 0 Å². The van der Waals surface area contributed by atoms with E-state index >= 15 is 0 Å². The van der Waals surface area contributed by atoms with E-state index < -0.39 is 0 Å². The van der Waals surface area contributed by atoms with Gasteiger partial charge in [-0.05, 0) is 36.1 Å². The molecule has 0 bridgehead atoms. The Labute approximate surface area is 122 Å². The molecule has 1 aliphatic carbocycles. The van der Waals surface area contributed by atoms with Gasteiger partial charge < -0.3 is 5.32 Å². The first kappa shape index (κ1) is 13.4. The normalized spacial score (nSPS) is 16.6. The minimum absolute atomic E-state index is 0.505. The van der Waals surface area contributed by atoms with Crippen LogP contribution in [-0.2, 0) is 0 Å². The van der Waals surface area contributed by atoms with E-state index in [9.17, 15) is 0 Å². The number of hydrogen-bond donors (Lipinski definition) is 1. The molecule has 0 saturated heterocycles. The predicted molar refractivity (Wildman–Crippen MR) is 85.6 cm³/mol. The Bertz CT molecular complexity index is 525. The van der Waals surface area contributed by atoms with E-state index in [1.807, 2.05) is 0 Å². The minimum atomic E-state index is 0.505. The lowest BCUT2D eigenvalue weighted by Gasteiger charge is -2.29. The van der Waals surface area contributed by atoms with E-state index in [2.05, 4.69) is 67.0 Å². The lowest BCUT2D eigenvalue weighted by Crippen LogP contribution is -2.23. The molecular weight excluding hydrogens is 242 g/mol. The van der Waals surface area contributed by atoms with Gasteiger partial charge in [0.15, 0.2) is 0 Å². The molecule has 20 heavy (non-hydrogen) atoms. The summed E-state index contributed by atoms with van der Waals surface area (Å²) in [6, 6.07) is 20.1. The van der Waals surface area contributed by atoms with Crippen LogP contribution in [0.4, 0.5) is 0 Å². The fraction of sp³-hybridized carbons (Fsp3) is 0.368. The monoisotopic (exact) mass is 265 g/mol. The average Bonchev–Trinajstić information content (AvgIpc) is 2.48. The summed E-state index contributed by atoms with van der Waals surface area (Å²) < 4.78 is 0. The zero-order valence-corrected chi connectivity index (χ0v) is 12.2. The molecule has 0 spiro atoms. The minimum Gasteiger partial charge on any atom is -0.313 e. The van der Waals surface area contributed by atoms with Crippen molar-refractivity contribution in [2.75, 3.05) is 7.05 Å². The first-order chi connectivity index (χ1) is 9.86. The van der Waals surface area contributed by atoms with Crippen LogP contribution in [0.1, 0.15) is 37.3 Å². The summed E-state index contributed by atoms with van der Waals surface area (Å²) in [4.78, 5) is 0. The van der Waals surface area contributed by atoms with Crippen LogP contribution in [0, 0.1) is 5.92 Å². The van der Waals surface area contributed by atoms with E-state index in [4.69, 9.17) is 0 Å². The van der Waals surface area contributed by atoms with Crippen molar-refractivity contribution in [3.8, 4) is 11.1 Å². The maximum atomic E-state index is 3.48. The van der Waals surface area contributed by atoms with Gasteiger partial charge in [-0.15, -0.1) is 0 Å². The summed E-state index contributed by atoms with van der Waals surface area (Å²) in [7, 11) is 2.08. The van der Waals surface area contributed by atoms with Crippen molar-refractivity contribution in [3.05, 3.63) is 60.2 Å². The van der Waals surface area contributed by atoms with Gasteiger partial charge in [0.25, 0.3) is 0 Å². The molecule has 0 amide bonds. The second-order valence-corrected chi connectivity index (χ2v) is 5.86. The van der Waals surface area contributed by atoms with Crippen molar-refractivity contribution in [1.29, 1.82) is 0 Å². The van der Waals surface area contributed by atoms with E-state index in [0.717, 1.165) is 5.92 Å². The molecule has 2 aromatic rings. The van der Waals surface area contributed by atoms with Crippen LogP contribution in [0.5, 0.6) is 0 Å². The van der Waals surface area contributed by atoms with Gasteiger partial charge in [0.1, 0.15) is 0 Å². The van der Waals surface area contributed by atoms with Gasteiger partial charge in [-0.25, -0.2) is 0 Å². The smallest absolute Gasteiger partial charge is 0.0320 e. The third-order valence-corrected chi connectivity index (χ3v) is 4.56. The summed E-state index contributed by atoms with van der Waals surface area (Å²) in [5, 5.41) is 3.48. The fourth-order valence-corrected chi connectivity index (χ4v) is 3.02. The first-order valence-corrected chi connectivity index (χ1v) is 7.69. The van der Waals surface area contributed by atoms with Crippen LogP contribution in [0.2, 0.25) is 0 Å². The Balaban J connectivity index is 1.74. The highest BCUT2D eigenvalue weighted by Gasteiger charge is 2.22. The van der Waals surface area contributed by atoms with Crippen molar-refractivity contribution < 1.29 is 0 Å². The largest absolute Gasteiger partial charge is 0.313 e. The molecule has 3 rings (SSSR count). The summed E-state index contributed by atoms with van der Waals surface area (Å²) >= 11 is 0. The summed E-state index contributed by atoms with van der Waals surface area (Å²) in [6.07, 6.45) is 5.54. The molecule has 2 aromatic carbocycles. The lowest BCUT2D eigenvalue weighted by atomic mass is 9.79. The third kappa shape index (κ3) is 2.94. The predicted octanol–water partition coefficient (Wildman–Crippen LogP) is 4.80. The van der Waals surface area contributed by atoms with E-state index in [1.165, 1.54) is 42.4 Å². The van der Waals surface area contributed by atoms with Crippen LogP contribution in [-0.4, -0.2) is 7.05 Å². The van der Waals surface area contributed by atoms with Gasteiger partial charge in [0.05, 0.1) is 0 Å². The molecule has 0 aliphatic heterocycles. The molecular formula is C19H23N. The maximum absolute atomic E-state index is 3.48. The Kier molecular flexibility index (Phi) is 4.17. The Hall–Kier alpha value is -1.60. The Morgan fingerprint density at radius 2 is 1.60 bits per heavy atom. The van der Waals surface area contributed by atoms with Crippen LogP contribution in [0.15, 0.2) is 54.6 Å². The van der Waals surface area contributed by atoms with E-state index in [0.29, 0.717) is 6.04 Å². The van der Waals surface area contributed by atoms with Crippen LogP contribution < -0.4 is 5.32 Å². The van der Waals surface area contributed by atoms with E-state index in [-0.39, 0.29) is 0 Å². The highest BCUT2D eigenvalue weighted by atomic mass is 14.9. The number of benzene rings is 2. The van der Waals surface area contributed by atoms with Crippen molar-refractivity contribution in [3.63, 3.8) is 0 Å². The Morgan fingerprint density at radius 1 is 0.950 bits per heavy atom. The summed E-state index contributed by atoms with van der Waals surface area (Å²) in [5.41, 5.74) is 4.01. The summed E-state index contributed by atoms with van der Waals surface area (Å²) in [6.45, 7) is 0. The van der Waals surface area contributed by atoms with Crippen molar-refractivity contribution in [1.82, 2.24) is 5.32 Å². The molecule has 104 valence electrons. The average molecular weight is 265 g/mol. The van der Waals surface area contributed by atoms with Gasteiger partial charge >= 0.3 is 0 Å². The summed E-state index contributed by atoms with van der Waals surface area (Å²) in [5.74, 6) is 0.932. The molecule has 1 nitrogen and oxygen atoms in total. The fourth-order valence-electron chi connectivity index (χ4n) is 3.02. The number of nitrogens with one attached hydrogen (secondary N) is 1. The number of hydrogen-bond acceptors (Lipinski definition) is 1. The second-order valence-electron chi connectivity index (χ2n) is 5.86. The molecule has 1 atom stereocenters. The molecule has 1 N–H and O–H groups in total. The molecule has 1 heteroatoms. The van der Waals surface area contributed by atoms with Gasteiger partial charge in [0.2, 0.25) is 0 Å². The van der Waals surface area contributed by atoms with Crippen LogP contribution >= 0.6 is 0 Å². The number of rotatable bonds is 5. The molecule has 1 fully saturated rings. The standard InChI is InChI=1S/C19H23N/c1-20-19(14-15-6-5-7-15)18-12-10-17(11-13-18)16-8-3-2-4-9-16/h2-4,8-13,15,19-20H,5-7,14H2,1H3. The highest BCUT2D eigenvalue weighted by molar-refractivity contribution is 5.63.